The van der Waals surface area contributed by atoms with E-state index in [1.165, 1.54) is 6.20 Å². The number of pyridine rings is 1. The number of hydrogen-bond donors (Lipinski definition) is 2. The fourth-order valence-electron chi connectivity index (χ4n) is 1.59. The largest absolute Gasteiger partial charge is 0.245 e. The molecule has 0 bridgehead atoms. The van der Waals surface area contributed by atoms with Gasteiger partial charge in [0.15, 0.2) is 0 Å². The molecular formula is C11H20BrN3OSSi. The number of nitrogens with one attached hydrogen (secondary N) is 1. The molecule has 1 atom stereocenters. The lowest BCUT2D eigenvalue weighted by Gasteiger charge is -2.38. The SMILES string of the molecule is CC(C)(C)[Si](C)(C)c1c(Br)ccnc1S(=N)(N)=O. The Morgan fingerprint density at radius 3 is 2.33 bits per heavy atom. The van der Waals surface area contributed by atoms with E-state index in [1.807, 2.05) is 6.07 Å². The number of halogens is 1. The highest BCUT2D eigenvalue weighted by molar-refractivity contribution is 9.10. The number of aromatic nitrogens is 1. The first-order valence-corrected chi connectivity index (χ1v) is 11.0. The van der Waals surface area contributed by atoms with Crippen molar-refractivity contribution < 1.29 is 4.21 Å². The summed E-state index contributed by atoms with van der Waals surface area (Å²) in [6.45, 7) is 10.8. The Morgan fingerprint density at radius 2 is 1.94 bits per heavy atom. The highest BCUT2D eigenvalue weighted by Crippen LogP contribution is 2.37. The molecule has 0 aromatic carbocycles. The van der Waals surface area contributed by atoms with Crippen LogP contribution in [0.15, 0.2) is 21.8 Å². The van der Waals surface area contributed by atoms with E-state index in [1.54, 1.807) is 0 Å². The minimum absolute atomic E-state index is 0.0536. The Balaban J connectivity index is 3.70. The van der Waals surface area contributed by atoms with Crippen LogP contribution in [0.4, 0.5) is 0 Å². The first kappa shape index (κ1) is 15.8. The van der Waals surface area contributed by atoms with Crippen LogP contribution in [0.5, 0.6) is 0 Å². The van der Waals surface area contributed by atoms with Crippen LogP contribution in [0.25, 0.3) is 0 Å². The number of nitrogens with zero attached hydrogens (tertiary/aromatic N) is 1. The van der Waals surface area contributed by atoms with Gasteiger partial charge in [0.2, 0.25) is 0 Å². The molecule has 18 heavy (non-hydrogen) atoms. The molecule has 0 aliphatic carbocycles. The summed E-state index contributed by atoms with van der Waals surface area (Å²) in [5, 5.41) is 6.67. The van der Waals surface area contributed by atoms with Crippen LogP contribution in [0.2, 0.25) is 18.1 Å². The molecule has 1 rings (SSSR count). The first-order valence-electron chi connectivity index (χ1n) is 5.60. The van der Waals surface area contributed by atoms with Crippen LogP contribution in [0.1, 0.15) is 20.8 Å². The third-order valence-corrected chi connectivity index (χ3v) is 11.3. The molecule has 0 aliphatic heterocycles. The maximum absolute atomic E-state index is 11.9. The van der Waals surface area contributed by atoms with Crippen molar-refractivity contribution in [1.29, 1.82) is 4.78 Å². The van der Waals surface area contributed by atoms with Gasteiger partial charge in [0.25, 0.3) is 0 Å². The number of hydrogen-bond acceptors (Lipinski definition) is 3. The summed E-state index contributed by atoms with van der Waals surface area (Å²) in [7, 11) is -5.27. The standard InChI is InChI=1S/C11H20BrN3OSSi/c1-11(2,3)18(4,5)9-8(12)6-7-15-10(9)17(13,14)16/h6-7H,1-5H3,(H3,13,14,16). The third-order valence-electron chi connectivity index (χ3n) is 3.65. The van der Waals surface area contributed by atoms with Gasteiger partial charge >= 0.3 is 0 Å². The summed E-state index contributed by atoms with van der Waals surface area (Å²) in [5.41, 5.74) is 0. The van der Waals surface area contributed by atoms with Gasteiger partial charge in [-0.2, -0.15) is 0 Å². The fourth-order valence-corrected chi connectivity index (χ4v) is 7.40. The predicted molar refractivity (Wildman–Crippen MR) is 82.1 cm³/mol. The van der Waals surface area contributed by atoms with Crippen molar-refractivity contribution >= 4 is 39.1 Å². The minimum atomic E-state index is -3.31. The van der Waals surface area contributed by atoms with Crippen molar-refractivity contribution in [1.82, 2.24) is 4.98 Å². The number of rotatable bonds is 2. The second kappa shape index (κ2) is 4.70. The van der Waals surface area contributed by atoms with E-state index in [9.17, 15) is 4.21 Å². The second-order valence-corrected chi connectivity index (χ2v) is 13.6. The summed E-state index contributed by atoms with van der Waals surface area (Å²) in [6.07, 6.45) is 1.54. The van der Waals surface area contributed by atoms with Crippen molar-refractivity contribution in [3.8, 4) is 0 Å². The van der Waals surface area contributed by atoms with Gasteiger partial charge in [0.1, 0.15) is 14.9 Å². The maximum Gasteiger partial charge on any atom is 0.150 e. The predicted octanol–water partition coefficient (Wildman–Crippen LogP) is 2.84. The van der Waals surface area contributed by atoms with Crippen LogP contribution >= 0.6 is 15.9 Å². The summed E-state index contributed by atoms with van der Waals surface area (Å²) in [6, 6.07) is 1.82. The molecule has 102 valence electrons. The second-order valence-electron chi connectivity index (χ2n) is 5.95. The Labute approximate surface area is 119 Å². The molecular weight excluding hydrogens is 330 g/mol. The van der Waals surface area contributed by atoms with Crippen LogP contribution in [0.3, 0.4) is 0 Å². The number of nitrogens with two attached hydrogens (primary N) is 1. The van der Waals surface area contributed by atoms with Crippen LogP contribution in [-0.2, 0) is 9.92 Å². The van der Waals surface area contributed by atoms with Crippen molar-refractivity contribution in [2.24, 2.45) is 5.14 Å². The zero-order valence-corrected chi connectivity index (χ0v) is 14.8. The molecule has 0 saturated heterocycles. The summed E-state index contributed by atoms with van der Waals surface area (Å²) >= 11 is 3.50. The monoisotopic (exact) mass is 349 g/mol. The average molecular weight is 350 g/mol. The quantitative estimate of drug-likeness (QED) is 0.805. The lowest BCUT2D eigenvalue weighted by Crippen LogP contribution is -2.52. The highest BCUT2D eigenvalue weighted by Gasteiger charge is 2.41. The van der Waals surface area contributed by atoms with Gasteiger partial charge in [-0.05, 0) is 16.3 Å². The van der Waals surface area contributed by atoms with Gasteiger partial charge in [-0.25, -0.2) is 19.1 Å². The Morgan fingerprint density at radius 1 is 1.44 bits per heavy atom. The molecule has 0 fully saturated rings. The van der Waals surface area contributed by atoms with Gasteiger partial charge in [0, 0.05) is 10.7 Å². The lowest BCUT2D eigenvalue weighted by molar-refractivity contribution is 0.673. The minimum Gasteiger partial charge on any atom is -0.245 e. The molecule has 1 aromatic rings. The van der Waals surface area contributed by atoms with Crippen LogP contribution in [0, 0.1) is 4.78 Å². The molecule has 0 spiro atoms. The first-order chi connectivity index (χ1) is 7.89. The van der Waals surface area contributed by atoms with Crippen molar-refractivity contribution in [3.63, 3.8) is 0 Å². The molecule has 0 amide bonds. The lowest BCUT2D eigenvalue weighted by atomic mass is 10.2. The zero-order valence-electron chi connectivity index (χ0n) is 11.4. The third kappa shape index (κ3) is 2.84. The van der Waals surface area contributed by atoms with Crippen molar-refractivity contribution in [2.45, 2.75) is 43.9 Å². The Bertz CT molecular complexity index is 564. The van der Waals surface area contributed by atoms with Crippen molar-refractivity contribution in [2.75, 3.05) is 0 Å². The van der Waals surface area contributed by atoms with E-state index >= 15 is 0 Å². The van der Waals surface area contributed by atoms with E-state index < -0.39 is 18.0 Å². The van der Waals surface area contributed by atoms with Crippen molar-refractivity contribution in [3.05, 3.63) is 16.7 Å². The topological polar surface area (TPSA) is 79.8 Å². The normalized spacial score (nSPS) is 16.4. The van der Waals surface area contributed by atoms with Gasteiger partial charge in [-0.1, -0.05) is 49.8 Å². The Hall–Kier alpha value is -0.243. The molecule has 1 unspecified atom stereocenters. The molecule has 7 heteroatoms. The Kier molecular flexibility index (Phi) is 4.13. The zero-order chi connectivity index (χ0) is 14.4. The molecule has 0 aliphatic rings. The van der Waals surface area contributed by atoms with E-state index in [0.29, 0.717) is 0 Å². The van der Waals surface area contributed by atoms with Gasteiger partial charge < -0.3 is 0 Å². The van der Waals surface area contributed by atoms with E-state index in [2.05, 4.69) is 54.8 Å². The van der Waals surface area contributed by atoms with Crippen LogP contribution < -0.4 is 10.3 Å². The van der Waals surface area contributed by atoms with Gasteiger partial charge in [-0.15, -0.1) is 0 Å². The molecule has 1 heterocycles. The summed E-state index contributed by atoms with van der Waals surface area (Å²) in [4.78, 5) is 4.11. The van der Waals surface area contributed by atoms with Gasteiger partial charge in [-0.3, -0.25) is 0 Å². The average Bonchev–Trinajstić information content (AvgIpc) is 2.13. The molecule has 0 saturated carbocycles. The van der Waals surface area contributed by atoms with E-state index in [-0.39, 0.29) is 10.1 Å². The van der Waals surface area contributed by atoms with E-state index in [0.717, 1.165) is 9.66 Å². The molecule has 4 nitrogen and oxygen atoms in total. The smallest absolute Gasteiger partial charge is 0.150 e. The van der Waals surface area contributed by atoms with E-state index in [4.69, 9.17) is 9.92 Å². The van der Waals surface area contributed by atoms with Gasteiger partial charge in [0.05, 0.1) is 8.07 Å². The molecule has 0 radical (unpaired) electrons. The highest BCUT2D eigenvalue weighted by atomic mass is 79.9. The molecule has 1 aromatic heterocycles. The maximum atomic E-state index is 11.9. The van der Waals surface area contributed by atoms with Crippen LogP contribution in [-0.4, -0.2) is 17.3 Å². The summed E-state index contributed by atoms with van der Waals surface area (Å²) in [5.74, 6) is 0. The summed E-state index contributed by atoms with van der Waals surface area (Å²) < 4.78 is 20.4. The molecule has 3 N–H and O–H groups in total. The fraction of sp³-hybridized carbons (Fsp3) is 0.545.